The van der Waals surface area contributed by atoms with Crippen molar-refractivity contribution in [3.8, 4) is 5.82 Å². The fourth-order valence-corrected chi connectivity index (χ4v) is 3.57. The lowest BCUT2D eigenvalue weighted by Crippen LogP contribution is -2.24. The van der Waals surface area contributed by atoms with Crippen LogP contribution in [0.4, 0.5) is 13.2 Å². The molecule has 3 heterocycles. The average Bonchev–Trinajstić information content (AvgIpc) is 3.48. The molecular weight excluding hydrogens is 445 g/mol. The number of benzene rings is 1. The van der Waals surface area contributed by atoms with Gasteiger partial charge < -0.3 is 5.32 Å². The highest BCUT2D eigenvalue weighted by Gasteiger charge is 2.31. The normalized spacial score (nSPS) is 11.7. The second-order valence-corrected chi connectivity index (χ2v) is 8.12. The molecular formula is C24H23F3N6O. The molecule has 34 heavy (non-hydrogen) atoms. The molecule has 4 aromatic rings. The van der Waals surface area contributed by atoms with Crippen LogP contribution >= 0.6 is 0 Å². The van der Waals surface area contributed by atoms with E-state index in [1.807, 2.05) is 55.1 Å². The highest BCUT2D eigenvalue weighted by Crippen LogP contribution is 2.29. The van der Waals surface area contributed by atoms with E-state index >= 15 is 0 Å². The van der Waals surface area contributed by atoms with Gasteiger partial charge in [0, 0.05) is 25.1 Å². The van der Waals surface area contributed by atoms with Gasteiger partial charge in [0.1, 0.15) is 0 Å². The summed E-state index contributed by atoms with van der Waals surface area (Å²) in [6.07, 6.45) is 1.32. The second kappa shape index (κ2) is 9.50. The Kier molecular flexibility index (Phi) is 6.49. The maximum Gasteiger partial charge on any atom is 0.417 e. The van der Waals surface area contributed by atoms with Crippen molar-refractivity contribution in [2.75, 3.05) is 0 Å². The van der Waals surface area contributed by atoms with Gasteiger partial charge in [0.05, 0.1) is 29.6 Å². The molecule has 0 bridgehead atoms. The molecule has 3 aromatic heterocycles. The van der Waals surface area contributed by atoms with Crippen LogP contribution in [0.1, 0.15) is 52.5 Å². The summed E-state index contributed by atoms with van der Waals surface area (Å²) in [7, 11) is 0. The van der Waals surface area contributed by atoms with Crippen LogP contribution in [0.15, 0.2) is 67.3 Å². The van der Waals surface area contributed by atoms with E-state index in [4.69, 9.17) is 0 Å². The van der Waals surface area contributed by atoms with Crippen molar-refractivity contribution in [1.29, 1.82) is 0 Å². The minimum atomic E-state index is -4.47. The first-order valence-corrected chi connectivity index (χ1v) is 10.7. The molecule has 0 spiro atoms. The monoisotopic (exact) mass is 468 g/mol. The van der Waals surface area contributed by atoms with Gasteiger partial charge in [0.2, 0.25) is 0 Å². The number of pyridine rings is 1. The Morgan fingerprint density at radius 2 is 1.76 bits per heavy atom. The fraction of sp³-hybridized carbons (Fsp3) is 0.250. The smallest absolute Gasteiger partial charge is 0.348 e. The van der Waals surface area contributed by atoms with Gasteiger partial charge in [-0.05, 0) is 35.2 Å². The van der Waals surface area contributed by atoms with E-state index < -0.39 is 11.7 Å². The lowest BCUT2D eigenvalue weighted by atomic mass is 10.0. The van der Waals surface area contributed by atoms with Crippen molar-refractivity contribution in [3.63, 3.8) is 0 Å². The van der Waals surface area contributed by atoms with Crippen LogP contribution in [0.3, 0.4) is 0 Å². The van der Waals surface area contributed by atoms with E-state index in [9.17, 15) is 18.0 Å². The molecule has 1 aromatic carbocycles. The summed E-state index contributed by atoms with van der Waals surface area (Å²) in [4.78, 5) is 16.8. The number of nitrogens with zero attached hydrogens (tertiary/aromatic N) is 5. The first kappa shape index (κ1) is 23.2. The summed E-state index contributed by atoms with van der Waals surface area (Å²) >= 11 is 0. The quantitative estimate of drug-likeness (QED) is 0.431. The molecule has 176 valence electrons. The topological polar surface area (TPSA) is 77.6 Å². The number of hydrogen-bond donors (Lipinski definition) is 1. The number of alkyl halides is 3. The van der Waals surface area contributed by atoms with Crippen LogP contribution < -0.4 is 5.32 Å². The molecule has 7 nitrogen and oxygen atoms in total. The summed E-state index contributed by atoms with van der Waals surface area (Å²) in [5.74, 6) is -0.222. The molecule has 0 saturated carbocycles. The van der Waals surface area contributed by atoms with Crippen LogP contribution in [0.2, 0.25) is 0 Å². The van der Waals surface area contributed by atoms with E-state index in [-0.39, 0.29) is 17.6 Å². The third kappa shape index (κ3) is 5.16. The zero-order valence-electron chi connectivity index (χ0n) is 18.6. The predicted octanol–water partition coefficient (Wildman–Crippen LogP) is 4.58. The van der Waals surface area contributed by atoms with Crippen LogP contribution in [-0.2, 0) is 19.3 Å². The van der Waals surface area contributed by atoms with Crippen molar-refractivity contribution in [2.24, 2.45) is 0 Å². The predicted molar refractivity (Wildman–Crippen MR) is 119 cm³/mol. The Bertz CT molecular complexity index is 1240. The summed E-state index contributed by atoms with van der Waals surface area (Å²) in [6, 6.07) is 11.9. The Morgan fingerprint density at radius 3 is 2.35 bits per heavy atom. The molecule has 0 aliphatic carbocycles. The molecule has 1 amide bonds. The Labute approximate surface area is 194 Å². The summed E-state index contributed by atoms with van der Waals surface area (Å²) in [5, 5.41) is 11.3. The molecule has 0 fully saturated rings. The van der Waals surface area contributed by atoms with Crippen molar-refractivity contribution in [3.05, 3.63) is 95.2 Å². The summed E-state index contributed by atoms with van der Waals surface area (Å²) in [6.45, 7) is 4.75. The lowest BCUT2D eigenvalue weighted by Gasteiger charge is -2.13. The number of nitrogens with one attached hydrogen (secondary N) is 1. The first-order chi connectivity index (χ1) is 16.2. The van der Waals surface area contributed by atoms with Crippen molar-refractivity contribution >= 4 is 5.91 Å². The third-order valence-electron chi connectivity index (χ3n) is 5.27. The molecule has 1 N–H and O–H groups in total. The lowest BCUT2D eigenvalue weighted by molar-refractivity contribution is -0.137. The molecule has 0 unspecified atom stereocenters. The van der Waals surface area contributed by atoms with Gasteiger partial charge in [-0.15, -0.1) is 0 Å². The van der Waals surface area contributed by atoms with E-state index in [1.165, 1.54) is 16.9 Å². The fourth-order valence-electron chi connectivity index (χ4n) is 3.57. The summed E-state index contributed by atoms with van der Waals surface area (Å²) in [5.41, 5.74) is 2.10. The zero-order chi connectivity index (χ0) is 24.3. The van der Waals surface area contributed by atoms with Gasteiger partial charge in [-0.1, -0.05) is 38.1 Å². The number of hydrogen-bond acceptors (Lipinski definition) is 4. The van der Waals surface area contributed by atoms with Gasteiger partial charge in [-0.2, -0.15) is 23.4 Å². The zero-order valence-corrected chi connectivity index (χ0v) is 18.6. The third-order valence-corrected chi connectivity index (χ3v) is 5.27. The van der Waals surface area contributed by atoms with Crippen LogP contribution in [0, 0.1) is 0 Å². The summed E-state index contributed by atoms with van der Waals surface area (Å²) < 4.78 is 41.8. The van der Waals surface area contributed by atoms with Crippen molar-refractivity contribution in [1.82, 2.24) is 29.9 Å². The molecule has 0 atom stereocenters. The number of amides is 1. The highest BCUT2D eigenvalue weighted by molar-refractivity contribution is 5.95. The number of halogens is 3. The number of aromatic nitrogens is 5. The SMILES string of the molecule is CC(C)c1c(C(=O)NCc2ccc(Cn3cccn3)cc2)cnn1-c1ccc(C(F)(F)F)cn1. The van der Waals surface area contributed by atoms with E-state index in [0.29, 0.717) is 24.3 Å². The molecule has 0 saturated heterocycles. The maximum absolute atomic E-state index is 12.9. The number of carbonyl (C=O) groups excluding carboxylic acids is 1. The van der Waals surface area contributed by atoms with Crippen LogP contribution in [0.25, 0.3) is 5.82 Å². The van der Waals surface area contributed by atoms with Gasteiger partial charge in [0.25, 0.3) is 5.91 Å². The first-order valence-electron chi connectivity index (χ1n) is 10.7. The molecule has 0 aliphatic heterocycles. The standard InChI is InChI=1S/C24H23F3N6O/c1-16(2)22-20(14-31-33(22)21-9-8-19(13-28-21)24(25,26)27)23(34)29-12-17-4-6-18(7-5-17)15-32-11-3-10-30-32/h3-11,13-14,16H,12,15H2,1-2H3,(H,29,34). The van der Waals surface area contributed by atoms with Crippen molar-refractivity contribution < 1.29 is 18.0 Å². The van der Waals surface area contributed by atoms with Crippen LogP contribution in [-0.4, -0.2) is 30.5 Å². The Hall–Kier alpha value is -3.95. The Balaban J connectivity index is 1.46. The Morgan fingerprint density at radius 1 is 1.03 bits per heavy atom. The minimum Gasteiger partial charge on any atom is -0.348 e. The van der Waals surface area contributed by atoms with E-state index in [0.717, 1.165) is 23.4 Å². The van der Waals surface area contributed by atoms with Crippen LogP contribution in [0.5, 0.6) is 0 Å². The minimum absolute atomic E-state index is 0.117. The number of carbonyl (C=O) groups is 1. The second-order valence-electron chi connectivity index (χ2n) is 8.12. The molecule has 4 rings (SSSR count). The van der Waals surface area contributed by atoms with Gasteiger partial charge in [0.15, 0.2) is 5.82 Å². The molecule has 0 radical (unpaired) electrons. The highest BCUT2D eigenvalue weighted by atomic mass is 19.4. The average molecular weight is 468 g/mol. The van der Waals surface area contributed by atoms with Gasteiger partial charge in [-0.25, -0.2) is 9.67 Å². The molecule has 10 heteroatoms. The molecule has 0 aliphatic rings. The van der Waals surface area contributed by atoms with E-state index in [1.54, 1.807) is 6.20 Å². The van der Waals surface area contributed by atoms with Gasteiger partial charge in [-0.3, -0.25) is 9.48 Å². The van der Waals surface area contributed by atoms with Gasteiger partial charge >= 0.3 is 6.18 Å². The van der Waals surface area contributed by atoms with E-state index in [2.05, 4.69) is 20.5 Å². The number of rotatable bonds is 7. The van der Waals surface area contributed by atoms with Crippen molar-refractivity contribution in [2.45, 2.75) is 39.0 Å². The maximum atomic E-state index is 12.9. The largest absolute Gasteiger partial charge is 0.417 e.